The van der Waals surface area contributed by atoms with Crippen molar-refractivity contribution in [1.29, 1.82) is 0 Å². The molecule has 1 amide bonds. The van der Waals surface area contributed by atoms with Crippen molar-refractivity contribution in [2.24, 2.45) is 0 Å². The van der Waals surface area contributed by atoms with Gasteiger partial charge >= 0.3 is 24.0 Å². The summed E-state index contributed by atoms with van der Waals surface area (Å²) in [7, 11) is 0. The molecule has 3 aromatic carbocycles. The molecule has 1 atom stereocenters. The summed E-state index contributed by atoms with van der Waals surface area (Å²) < 4.78 is 101. The molecular weight excluding hydrogens is 639 g/mol. The van der Waals surface area contributed by atoms with Gasteiger partial charge in [0.25, 0.3) is 0 Å². The number of aromatic nitrogens is 1. The molecule has 0 saturated carbocycles. The molecule has 0 aliphatic rings. The number of hydrazine groups is 1. The van der Waals surface area contributed by atoms with E-state index in [4.69, 9.17) is 16.1 Å². The first kappa shape index (κ1) is 33.4. The predicted octanol–water partition coefficient (Wildman–Crippen LogP) is 6.19. The number of carbonyl (C=O) groups is 2. The Balaban J connectivity index is 1.52. The van der Waals surface area contributed by atoms with Crippen molar-refractivity contribution in [2.75, 3.05) is 13.2 Å². The lowest BCUT2D eigenvalue weighted by molar-refractivity contribution is -0.294. The Labute approximate surface area is 254 Å². The van der Waals surface area contributed by atoms with E-state index in [2.05, 4.69) is 15.3 Å². The van der Waals surface area contributed by atoms with Crippen LogP contribution in [0.2, 0.25) is 5.02 Å². The van der Waals surface area contributed by atoms with E-state index < -0.39 is 60.6 Å². The standard InChI is InChI=1S/C29H21ClF7N3O5/c30-18-9-10-22(32)20(11-18)17-7-5-16(6-8-17)13-40(14-24(41)27(43)44-15-28(33,34)29(35,36)37)38-26(42)25-12-23(39-45-25)19-3-1-2-4-21(19)31/h1-12,24,41H,13-15H2,(H,38,42). The Morgan fingerprint density at radius 2 is 1.62 bits per heavy atom. The highest BCUT2D eigenvalue weighted by Crippen LogP contribution is 2.35. The van der Waals surface area contributed by atoms with Crippen LogP contribution >= 0.6 is 11.6 Å². The van der Waals surface area contributed by atoms with Gasteiger partial charge in [0.15, 0.2) is 12.7 Å². The van der Waals surface area contributed by atoms with Gasteiger partial charge in [0, 0.05) is 28.8 Å². The van der Waals surface area contributed by atoms with Gasteiger partial charge in [0.2, 0.25) is 5.76 Å². The highest BCUT2D eigenvalue weighted by Gasteiger charge is 2.58. The average Bonchev–Trinajstić information content (AvgIpc) is 3.47. The molecule has 0 saturated heterocycles. The number of esters is 1. The van der Waals surface area contributed by atoms with Crippen LogP contribution in [0.3, 0.4) is 0 Å². The number of carbonyl (C=O) groups excluding carboxylic acids is 2. The van der Waals surface area contributed by atoms with Gasteiger partial charge in [-0.25, -0.2) is 18.6 Å². The molecule has 0 aliphatic heterocycles. The van der Waals surface area contributed by atoms with Crippen LogP contribution in [-0.2, 0) is 16.1 Å². The minimum Gasteiger partial charge on any atom is -0.457 e. The van der Waals surface area contributed by atoms with Crippen LogP contribution in [-0.4, -0.2) is 58.5 Å². The molecule has 2 N–H and O–H groups in total. The lowest BCUT2D eigenvalue weighted by Gasteiger charge is -2.25. The third-order valence-corrected chi connectivity index (χ3v) is 6.42. The molecule has 238 valence electrons. The van der Waals surface area contributed by atoms with Crippen molar-refractivity contribution in [3.8, 4) is 22.4 Å². The minimum absolute atomic E-state index is 0.0159. The predicted molar refractivity (Wildman–Crippen MR) is 145 cm³/mol. The Bertz CT molecular complexity index is 1660. The number of hydrogen-bond acceptors (Lipinski definition) is 7. The first-order valence-electron chi connectivity index (χ1n) is 12.8. The Morgan fingerprint density at radius 1 is 0.956 bits per heavy atom. The maximum absolute atomic E-state index is 14.3. The molecule has 1 heterocycles. The molecular formula is C29H21ClF7N3O5. The van der Waals surface area contributed by atoms with Crippen molar-refractivity contribution in [3.05, 3.63) is 101 Å². The van der Waals surface area contributed by atoms with Crippen LogP contribution < -0.4 is 5.43 Å². The normalized spacial score (nSPS) is 12.7. The fourth-order valence-electron chi connectivity index (χ4n) is 3.88. The molecule has 4 rings (SSSR count). The van der Waals surface area contributed by atoms with Crippen LogP contribution in [0.25, 0.3) is 22.4 Å². The van der Waals surface area contributed by atoms with E-state index in [1.165, 1.54) is 60.7 Å². The van der Waals surface area contributed by atoms with Crippen molar-refractivity contribution < 1.29 is 54.7 Å². The number of aliphatic hydroxyl groups is 1. The third kappa shape index (κ3) is 8.38. The fourth-order valence-corrected chi connectivity index (χ4v) is 4.05. The van der Waals surface area contributed by atoms with Crippen molar-refractivity contribution in [1.82, 2.24) is 15.6 Å². The van der Waals surface area contributed by atoms with E-state index >= 15 is 0 Å². The number of benzene rings is 3. The Hall–Kier alpha value is -4.47. The number of halogens is 8. The van der Waals surface area contributed by atoms with E-state index in [9.17, 15) is 45.4 Å². The van der Waals surface area contributed by atoms with E-state index in [0.717, 1.165) is 17.1 Å². The molecule has 4 aromatic rings. The molecule has 45 heavy (non-hydrogen) atoms. The smallest absolute Gasteiger partial charge is 0.456 e. The van der Waals surface area contributed by atoms with Crippen LogP contribution in [0.5, 0.6) is 0 Å². The number of nitrogens with one attached hydrogen (secondary N) is 1. The topological polar surface area (TPSA) is 105 Å². The van der Waals surface area contributed by atoms with Crippen LogP contribution in [0.1, 0.15) is 16.1 Å². The van der Waals surface area contributed by atoms with Crippen LogP contribution in [0, 0.1) is 11.6 Å². The maximum Gasteiger partial charge on any atom is 0.456 e. The number of hydrogen-bond donors (Lipinski definition) is 2. The van der Waals surface area contributed by atoms with E-state index in [1.807, 2.05) is 0 Å². The second kappa shape index (κ2) is 13.7. The van der Waals surface area contributed by atoms with Crippen LogP contribution in [0.15, 0.2) is 77.3 Å². The molecule has 1 aromatic heterocycles. The summed E-state index contributed by atoms with van der Waals surface area (Å²) in [6.45, 7) is -3.53. The lowest BCUT2D eigenvalue weighted by Crippen LogP contribution is -2.48. The molecule has 0 spiro atoms. The lowest BCUT2D eigenvalue weighted by atomic mass is 10.0. The summed E-state index contributed by atoms with van der Waals surface area (Å²) in [5, 5.41) is 15.1. The van der Waals surface area contributed by atoms with E-state index in [-0.39, 0.29) is 28.4 Å². The number of alkyl halides is 5. The zero-order valence-corrected chi connectivity index (χ0v) is 23.4. The van der Waals surface area contributed by atoms with Crippen molar-refractivity contribution in [3.63, 3.8) is 0 Å². The highest BCUT2D eigenvalue weighted by molar-refractivity contribution is 6.30. The molecule has 1 unspecified atom stereocenters. The second-order valence-electron chi connectivity index (χ2n) is 9.52. The average molecular weight is 660 g/mol. The summed E-state index contributed by atoms with van der Waals surface area (Å²) in [6, 6.07) is 16.5. The Kier molecular flexibility index (Phi) is 10.2. The van der Waals surface area contributed by atoms with Gasteiger partial charge in [-0.3, -0.25) is 10.2 Å². The van der Waals surface area contributed by atoms with Gasteiger partial charge in [-0.2, -0.15) is 22.0 Å². The molecule has 16 heteroatoms. The first-order valence-corrected chi connectivity index (χ1v) is 13.1. The summed E-state index contributed by atoms with van der Waals surface area (Å²) in [5.74, 6) is -9.85. The summed E-state index contributed by atoms with van der Waals surface area (Å²) in [6.07, 6.45) is -8.31. The molecule has 0 bridgehead atoms. The number of rotatable bonds is 11. The third-order valence-electron chi connectivity index (χ3n) is 6.19. The largest absolute Gasteiger partial charge is 0.457 e. The van der Waals surface area contributed by atoms with Crippen molar-refractivity contribution in [2.45, 2.75) is 24.7 Å². The second-order valence-corrected chi connectivity index (χ2v) is 9.96. The fraction of sp³-hybridized carbons (Fsp3) is 0.207. The van der Waals surface area contributed by atoms with E-state index in [0.29, 0.717) is 11.1 Å². The quantitative estimate of drug-likeness (QED) is 0.112. The number of nitrogens with zero attached hydrogens (tertiary/aromatic N) is 2. The van der Waals surface area contributed by atoms with E-state index in [1.54, 1.807) is 0 Å². The molecule has 8 nitrogen and oxygen atoms in total. The van der Waals surface area contributed by atoms with Gasteiger partial charge in [-0.1, -0.05) is 53.2 Å². The minimum atomic E-state index is -6.00. The molecule has 0 fully saturated rings. The van der Waals surface area contributed by atoms with Crippen molar-refractivity contribution >= 4 is 23.5 Å². The van der Waals surface area contributed by atoms with Crippen LogP contribution in [0.4, 0.5) is 30.7 Å². The van der Waals surface area contributed by atoms with Gasteiger partial charge < -0.3 is 14.4 Å². The summed E-state index contributed by atoms with van der Waals surface area (Å²) in [4.78, 5) is 25.0. The van der Waals surface area contributed by atoms with Gasteiger partial charge in [0.1, 0.15) is 17.3 Å². The number of aliphatic hydroxyl groups excluding tert-OH is 1. The Morgan fingerprint density at radius 3 is 2.29 bits per heavy atom. The maximum atomic E-state index is 14.3. The SMILES string of the molecule is O=C(NN(Cc1ccc(-c2cc(Cl)ccc2F)cc1)CC(O)C(=O)OCC(F)(F)C(F)(F)F)c1cc(-c2ccccc2F)no1. The summed E-state index contributed by atoms with van der Waals surface area (Å²) in [5.41, 5.74) is 3.28. The monoisotopic (exact) mass is 659 g/mol. The number of ether oxygens (including phenoxy) is 1. The molecule has 0 aliphatic carbocycles. The summed E-state index contributed by atoms with van der Waals surface area (Å²) >= 11 is 5.95. The first-order chi connectivity index (χ1) is 21.1. The zero-order chi connectivity index (χ0) is 32.9. The molecule has 0 radical (unpaired) electrons. The number of amides is 1. The highest BCUT2D eigenvalue weighted by atomic mass is 35.5. The van der Waals surface area contributed by atoms with Gasteiger partial charge in [0.05, 0.1) is 6.54 Å². The zero-order valence-electron chi connectivity index (χ0n) is 22.6. The van der Waals surface area contributed by atoms with Gasteiger partial charge in [-0.15, -0.1) is 0 Å². The van der Waals surface area contributed by atoms with Gasteiger partial charge in [-0.05, 0) is 41.5 Å².